The molecule has 0 aliphatic carbocycles. The Balaban J connectivity index is 2.26. The topological polar surface area (TPSA) is 78.8 Å². The van der Waals surface area contributed by atoms with Gasteiger partial charge in [0.2, 0.25) is 0 Å². The highest BCUT2D eigenvalue weighted by molar-refractivity contribution is 5.38. The second-order valence-electron chi connectivity index (χ2n) is 3.27. The van der Waals surface area contributed by atoms with Gasteiger partial charge in [-0.1, -0.05) is 6.07 Å². The largest absolute Gasteiger partial charge is 0.492 e. The molecule has 0 bridgehead atoms. The number of tetrazole rings is 1. The van der Waals surface area contributed by atoms with Crippen LogP contribution in [0.2, 0.25) is 0 Å². The van der Waals surface area contributed by atoms with Crippen LogP contribution >= 0.6 is 0 Å². The van der Waals surface area contributed by atoms with Gasteiger partial charge in [-0.25, -0.2) is 0 Å². The smallest absolute Gasteiger partial charge is 0.153 e. The molecule has 0 aliphatic rings. The predicted molar refractivity (Wildman–Crippen MR) is 58.4 cm³/mol. The maximum Gasteiger partial charge on any atom is 0.153 e. The summed E-state index contributed by atoms with van der Waals surface area (Å²) in [7, 11) is 0. The molecule has 2 aromatic rings. The Bertz CT molecular complexity index is 468. The molecule has 1 heterocycles. The van der Waals surface area contributed by atoms with Crippen molar-refractivity contribution in [3.05, 3.63) is 30.1 Å². The normalized spacial score (nSPS) is 10.4. The summed E-state index contributed by atoms with van der Waals surface area (Å²) in [5, 5.41) is 11.3. The number of aryl methyl sites for hydroxylation is 1. The first-order valence-corrected chi connectivity index (χ1v) is 4.99. The van der Waals surface area contributed by atoms with Crippen molar-refractivity contribution < 1.29 is 4.74 Å². The van der Waals surface area contributed by atoms with Crippen molar-refractivity contribution in [2.24, 2.45) is 5.73 Å². The van der Waals surface area contributed by atoms with Crippen LogP contribution in [0, 0.1) is 6.92 Å². The van der Waals surface area contributed by atoms with Gasteiger partial charge in [0.05, 0.1) is 5.69 Å². The molecule has 0 atom stereocenters. The van der Waals surface area contributed by atoms with Crippen molar-refractivity contribution in [1.29, 1.82) is 0 Å². The van der Waals surface area contributed by atoms with Gasteiger partial charge in [-0.15, -0.1) is 5.10 Å². The van der Waals surface area contributed by atoms with E-state index in [2.05, 4.69) is 15.5 Å². The second-order valence-corrected chi connectivity index (χ2v) is 3.27. The average Bonchev–Trinajstić information content (AvgIpc) is 2.73. The number of aromatic nitrogens is 4. The van der Waals surface area contributed by atoms with Crippen molar-refractivity contribution in [3.63, 3.8) is 0 Å². The summed E-state index contributed by atoms with van der Waals surface area (Å²) >= 11 is 0. The van der Waals surface area contributed by atoms with Crippen LogP contribution in [0.5, 0.6) is 5.75 Å². The Morgan fingerprint density at radius 3 is 3.00 bits per heavy atom. The molecule has 16 heavy (non-hydrogen) atoms. The number of ether oxygens (including phenoxy) is 1. The van der Waals surface area contributed by atoms with Gasteiger partial charge in [0.15, 0.2) is 5.82 Å². The van der Waals surface area contributed by atoms with Crippen LogP contribution in [0.3, 0.4) is 0 Å². The molecule has 2 N–H and O–H groups in total. The van der Waals surface area contributed by atoms with Crippen LogP contribution in [-0.4, -0.2) is 33.4 Å². The van der Waals surface area contributed by atoms with E-state index in [1.54, 1.807) is 4.68 Å². The van der Waals surface area contributed by atoms with Crippen molar-refractivity contribution in [3.8, 4) is 11.4 Å². The zero-order valence-corrected chi connectivity index (χ0v) is 9.00. The number of nitrogens with two attached hydrogens (primary N) is 1. The molecule has 6 nitrogen and oxygen atoms in total. The van der Waals surface area contributed by atoms with Gasteiger partial charge in [-0.05, 0) is 29.5 Å². The molecule has 6 heteroatoms. The van der Waals surface area contributed by atoms with E-state index >= 15 is 0 Å². The number of rotatable bonds is 4. The SMILES string of the molecule is Cc1nnnn1-c1cccc(OCCN)c1. The van der Waals surface area contributed by atoms with Gasteiger partial charge in [0.25, 0.3) is 0 Å². The number of benzene rings is 1. The first kappa shape index (κ1) is 10.6. The van der Waals surface area contributed by atoms with Crippen molar-refractivity contribution in [2.75, 3.05) is 13.2 Å². The highest BCUT2D eigenvalue weighted by atomic mass is 16.5. The van der Waals surface area contributed by atoms with Gasteiger partial charge in [0.1, 0.15) is 12.4 Å². The lowest BCUT2D eigenvalue weighted by Crippen LogP contribution is -2.10. The molecule has 0 radical (unpaired) electrons. The highest BCUT2D eigenvalue weighted by Crippen LogP contribution is 2.16. The molecule has 0 spiro atoms. The van der Waals surface area contributed by atoms with E-state index in [-0.39, 0.29) is 0 Å². The van der Waals surface area contributed by atoms with Crippen LogP contribution in [-0.2, 0) is 0 Å². The van der Waals surface area contributed by atoms with E-state index in [9.17, 15) is 0 Å². The number of hydrogen-bond acceptors (Lipinski definition) is 5. The first-order valence-electron chi connectivity index (χ1n) is 4.99. The molecule has 2 rings (SSSR count). The number of hydrogen-bond donors (Lipinski definition) is 1. The van der Waals surface area contributed by atoms with Crippen LogP contribution < -0.4 is 10.5 Å². The molecule has 0 saturated carbocycles. The zero-order chi connectivity index (χ0) is 11.4. The summed E-state index contributed by atoms with van der Waals surface area (Å²) in [6, 6.07) is 7.55. The highest BCUT2D eigenvalue weighted by Gasteiger charge is 2.04. The molecule has 0 unspecified atom stereocenters. The molecule has 0 aliphatic heterocycles. The van der Waals surface area contributed by atoms with E-state index in [4.69, 9.17) is 10.5 Å². The van der Waals surface area contributed by atoms with Crippen LogP contribution in [0.25, 0.3) is 5.69 Å². The first-order chi connectivity index (χ1) is 7.81. The van der Waals surface area contributed by atoms with Crippen molar-refractivity contribution in [1.82, 2.24) is 20.2 Å². The third kappa shape index (κ3) is 2.17. The zero-order valence-electron chi connectivity index (χ0n) is 9.00. The Morgan fingerprint density at radius 2 is 2.31 bits per heavy atom. The monoisotopic (exact) mass is 219 g/mol. The fourth-order valence-corrected chi connectivity index (χ4v) is 1.35. The summed E-state index contributed by atoms with van der Waals surface area (Å²) in [6.45, 7) is 2.83. The Morgan fingerprint density at radius 1 is 1.44 bits per heavy atom. The fourth-order valence-electron chi connectivity index (χ4n) is 1.35. The maximum absolute atomic E-state index is 5.43. The van der Waals surface area contributed by atoms with E-state index in [0.29, 0.717) is 13.2 Å². The average molecular weight is 219 g/mol. The Hall–Kier alpha value is -1.95. The second kappa shape index (κ2) is 4.71. The van der Waals surface area contributed by atoms with Crippen LogP contribution in [0.15, 0.2) is 24.3 Å². The summed E-state index contributed by atoms with van der Waals surface area (Å²) in [4.78, 5) is 0. The molecule has 1 aromatic heterocycles. The summed E-state index contributed by atoms with van der Waals surface area (Å²) in [5.41, 5.74) is 6.24. The maximum atomic E-state index is 5.43. The van der Waals surface area contributed by atoms with E-state index < -0.39 is 0 Å². The lowest BCUT2D eigenvalue weighted by molar-refractivity contribution is 0.328. The van der Waals surface area contributed by atoms with Crippen molar-refractivity contribution >= 4 is 0 Å². The number of nitrogens with zero attached hydrogens (tertiary/aromatic N) is 4. The molecule has 0 fully saturated rings. The fraction of sp³-hybridized carbons (Fsp3) is 0.300. The van der Waals surface area contributed by atoms with Gasteiger partial charge in [-0.3, -0.25) is 0 Å². The van der Waals surface area contributed by atoms with Gasteiger partial charge >= 0.3 is 0 Å². The molecule has 0 amide bonds. The third-order valence-corrected chi connectivity index (χ3v) is 2.07. The van der Waals surface area contributed by atoms with E-state index in [1.165, 1.54) is 0 Å². The van der Waals surface area contributed by atoms with Gasteiger partial charge in [-0.2, -0.15) is 4.68 Å². The predicted octanol–water partition coefficient (Wildman–Crippen LogP) is 0.308. The quantitative estimate of drug-likeness (QED) is 0.800. The summed E-state index contributed by atoms with van der Waals surface area (Å²) in [5.74, 6) is 1.49. The van der Waals surface area contributed by atoms with E-state index in [0.717, 1.165) is 17.3 Å². The van der Waals surface area contributed by atoms with Crippen LogP contribution in [0.4, 0.5) is 0 Å². The van der Waals surface area contributed by atoms with E-state index in [1.807, 2.05) is 31.2 Å². The standard InChI is InChI=1S/C10H13N5O/c1-8-12-13-14-15(8)9-3-2-4-10(7-9)16-6-5-11/h2-4,7H,5-6,11H2,1H3. The van der Waals surface area contributed by atoms with Crippen molar-refractivity contribution in [2.45, 2.75) is 6.92 Å². The molecule has 84 valence electrons. The van der Waals surface area contributed by atoms with Gasteiger partial charge in [0, 0.05) is 12.6 Å². The van der Waals surface area contributed by atoms with Gasteiger partial charge < -0.3 is 10.5 Å². The molecule has 1 aromatic carbocycles. The minimum Gasteiger partial charge on any atom is -0.492 e. The van der Waals surface area contributed by atoms with Crippen LogP contribution in [0.1, 0.15) is 5.82 Å². The minimum atomic E-state index is 0.494. The lowest BCUT2D eigenvalue weighted by Gasteiger charge is -2.06. The minimum absolute atomic E-state index is 0.494. The molecular weight excluding hydrogens is 206 g/mol. The molecular formula is C10H13N5O. The third-order valence-electron chi connectivity index (χ3n) is 2.07. The summed E-state index contributed by atoms with van der Waals surface area (Å²) < 4.78 is 7.07. The summed E-state index contributed by atoms with van der Waals surface area (Å²) in [6.07, 6.45) is 0. The Labute approximate surface area is 93.0 Å². The molecule has 0 saturated heterocycles. The lowest BCUT2D eigenvalue weighted by atomic mass is 10.3. The Kier molecular flexibility index (Phi) is 3.11.